The van der Waals surface area contributed by atoms with E-state index in [0.717, 1.165) is 0 Å². The quantitative estimate of drug-likeness (QED) is 0.834. The molecule has 1 aromatic carbocycles. The average molecular weight is 282 g/mol. The number of hydrogen-bond donors (Lipinski definition) is 1. The molecule has 0 spiro atoms. The Morgan fingerprint density at radius 1 is 1.35 bits per heavy atom. The minimum Gasteiger partial charge on any atom is -0.489 e. The van der Waals surface area contributed by atoms with Gasteiger partial charge in [0.2, 0.25) is 5.91 Å². The molecule has 0 unspecified atom stereocenters. The van der Waals surface area contributed by atoms with Crippen molar-refractivity contribution in [2.75, 3.05) is 20.2 Å². The zero-order valence-corrected chi connectivity index (χ0v) is 12.4. The molecule has 1 amide bonds. The molecular weight excluding hydrogens is 259 g/mol. The van der Waals surface area contributed by atoms with Crippen LogP contribution < -0.4 is 10.5 Å². The lowest BCUT2D eigenvalue weighted by Crippen LogP contribution is -2.54. The number of nitrogens with two attached hydrogens (primary N) is 1. The van der Waals surface area contributed by atoms with Crippen LogP contribution >= 0.6 is 0 Å². The summed E-state index contributed by atoms with van der Waals surface area (Å²) in [4.78, 5) is 13.7. The van der Waals surface area contributed by atoms with Gasteiger partial charge in [0.05, 0.1) is 12.1 Å². The van der Waals surface area contributed by atoms with Crippen LogP contribution in [0.25, 0.3) is 0 Å². The number of halogens is 1. The highest BCUT2D eigenvalue weighted by molar-refractivity contribution is 5.85. The largest absolute Gasteiger partial charge is 0.489 e. The predicted molar refractivity (Wildman–Crippen MR) is 77.0 cm³/mol. The fourth-order valence-corrected chi connectivity index (χ4v) is 1.89. The number of ether oxygens (including phenoxy) is 1. The van der Waals surface area contributed by atoms with Crippen molar-refractivity contribution in [2.45, 2.75) is 32.2 Å². The van der Waals surface area contributed by atoms with Crippen LogP contribution in [-0.4, -0.2) is 36.5 Å². The van der Waals surface area contributed by atoms with Gasteiger partial charge in [-0.05, 0) is 25.0 Å². The summed E-state index contributed by atoms with van der Waals surface area (Å²) in [6.45, 7) is 4.38. The molecule has 112 valence electrons. The number of amides is 1. The van der Waals surface area contributed by atoms with Gasteiger partial charge in [-0.1, -0.05) is 26.0 Å². The SMILES string of the molecule is CCC(N)(CC)C(=O)N(C)CCOc1ccccc1F. The van der Waals surface area contributed by atoms with Crippen molar-refractivity contribution >= 4 is 5.91 Å². The fourth-order valence-electron chi connectivity index (χ4n) is 1.89. The molecule has 5 heteroatoms. The van der Waals surface area contributed by atoms with Gasteiger partial charge in [-0.3, -0.25) is 4.79 Å². The maximum Gasteiger partial charge on any atom is 0.242 e. The second-order valence-electron chi connectivity index (χ2n) is 4.87. The summed E-state index contributed by atoms with van der Waals surface area (Å²) in [5, 5.41) is 0. The Balaban J connectivity index is 2.50. The Kier molecular flexibility index (Phi) is 5.95. The molecule has 1 aromatic rings. The molecule has 0 aliphatic rings. The van der Waals surface area contributed by atoms with Crippen molar-refractivity contribution in [3.05, 3.63) is 30.1 Å². The van der Waals surface area contributed by atoms with E-state index in [1.165, 1.54) is 11.0 Å². The van der Waals surface area contributed by atoms with Crippen molar-refractivity contribution in [3.63, 3.8) is 0 Å². The smallest absolute Gasteiger partial charge is 0.242 e. The number of carbonyl (C=O) groups is 1. The van der Waals surface area contributed by atoms with Crippen molar-refractivity contribution < 1.29 is 13.9 Å². The van der Waals surface area contributed by atoms with Crippen molar-refractivity contribution in [1.82, 2.24) is 4.90 Å². The molecule has 2 N–H and O–H groups in total. The van der Waals surface area contributed by atoms with Gasteiger partial charge < -0.3 is 15.4 Å². The number of nitrogens with zero attached hydrogens (tertiary/aromatic N) is 1. The summed E-state index contributed by atoms with van der Waals surface area (Å²) in [5.41, 5.74) is 5.23. The lowest BCUT2D eigenvalue weighted by molar-refractivity contribution is -0.136. The van der Waals surface area contributed by atoms with E-state index in [1.54, 1.807) is 25.2 Å². The highest BCUT2D eigenvalue weighted by atomic mass is 19.1. The molecular formula is C15H23FN2O2. The van der Waals surface area contributed by atoms with Crippen molar-refractivity contribution in [2.24, 2.45) is 5.73 Å². The van der Waals surface area contributed by atoms with Gasteiger partial charge >= 0.3 is 0 Å². The van der Waals surface area contributed by atoms with E-state index in [0.29, 0.717) is 19.4 Å². The second kappa shape index (κ2) is 7.24. The van der Waals surface area contributed by atoms with Crippen LogP contribution in [-0.2, 0) is 4.79 Å². The first-order valence-electron chi connectivity index (χ1n) is 6.86. The number of carbonyl (C=O) groups excluding carboxylic acids is 1. The van der Waals surface area contributed by atoms with Gasteiger partial charge in [0.15, 0.2) is 11.6 Å². The van der Waals surface area contributed by atoms with Crippen LogP contribution in [0.1, 0.15) is 26.7 Å². The second-order valence-corrected chi connectivity index (χ2v) is 4.87. The van der Waals surface area contributed by atoms with E-state index in [4.69, 9.17) is 10.5 Å². The molecule has 0 saturated heterocycles. The number of rotatable bonds is 7. The van der Waals surface area contributed by atoms with E-state index < -0.39 is 11.4 Å². The van der Waals surface area contributed by atoms with Gasteiger partial charge in [-0.2, -0.15) is 0 Å². The molecule has 0 aliphatic carbocycles. The minimum atomic E-state index is -0.827. The maximum atomic E-state index is 13.3. The third-order valence-electron chi connectivity index (χ3n) is 3.56. The first kappa shape index (κ1) is 16.4. The average Bonchev–Trinajstić information content (AvgIpc) is 2.47. The summed E-state index contributed by atoms with van der Waals surface area (Å²) in [6.07, 6.45) is 1.17. The first-order valence-corrected chi connectivity index (χ1v) is 6.86. The molecule has 0 radical (unpaired) electrons. The van der Waals surface area contributed by atoms with Crippen molar-refractivity contribution in [1.29, 1.82) is 0 Å². The number of para-hydroxylation sites is 1. The maximum absolute atomic E-state index is 13.3. The van der Waals surface area contributed by atoms with Crippen LogP contribution in [0.2, 0.25) is 0 Å². The Morgan fingerprint density at radius 2 is 1.95 bits per heavy atom. The normalized spacial score (nSPS) is 11.2. The summed E-state index contributed by atoms with van der Waals surface area (Å²) < 4.78 is 18.7. The van der Waals surface area contributed by atoms with E-state index in [2.05, 4.69) is 0 Å². The van der Waals surface area contributed by atoms with E-state index in [9.17, 15) is 9.18 Å². The van der Waals surface area contributed by atoms with E-state index in [1.807, 2.05) is 13.8 Å². The molecule has 0 atom stereocenters. The lowest BCUT2D eigenvalue weighted by Gasteiger charge is -2.30. The number of hydrogen-bond acceptors (Lipinski definition) is 3. The Labute approximate surface area is 119 Å². The van der Waals surface area contributed by atoms with Crippen LogP contribution in [0.3, 0.4) is 0 Å². The lowest BCUT2D eigenvalue weighted by atomic mass is 9.92. The highest BCUT2D eigenvalue weighted by Crippen LogP contribution is 2.16. The highest BCUT2D eigenvalue weighted by Gasteiger charge is 2.32. The van der Waals surface area contributed by atoms with Gasteiger partial charge in [0.25, 0.3) is 0 Å². The predicted octanol–water partition coefficient (Wildman–Crippen LogP) is 2.18. The zero-order chi connectivity index (χ0) is 15.2. The summed E-state index contributed by atoms with van der Waals surface area (Å²) >= 11 is 0. The summed E-state index contributed by atoms with van der Waals surface area (Å²) in [7, 11) is 1.68. The Morgan fingerprint density at radius 3 is 2.50 bits per heavy atom. The molecule has 0 aromatic heterocycles. The van der Waals surface area contributed by atoms with Crippen LogP contribution in [0.15, 0.2) is 24.3 Å². The Bertz CT molecular complexity index is 447. The number of likely N-dealkylation sites (N-methyl/N-ethyl adjacent to an activating group) is 1. The molecule has 0 saturated carbocycles. The van der Waals surface area contributed by atoms with Crippen LogP contribution in [0.5, 0.6) is 5.75 Å². The molecule has 20 heavy (non-hydrogen) atoms. The Hall–Kier alpha value is -1.62. The topological polar surface area (TPSA) is 55.6 Å². The van der Waals surface area contributed by atoms with E-state index in [-0.39, 0.29) is 18.3 Å². The van der Waals surface area contributed by atoms with E-state index >= 15 is 0 Å². The molecule has 4 nitrogen and oxygen atoms in total. The molecule has 0 aliphatic heterocycles. The molecule has 0 bridgehead atoms. The third-order valence-corrected chi connectivity index (χ3v) is 3.56. The van der Waals surface area contributed by atoms with Gasteiger partial charge in [-0.25, -0.2) is 4.39 Å². The fraction of sp³-hybridized carbons (Fsp3) is 0.533. The molecule has 0 heterocycles. The van der Waals surface area contributed by atoms with Gasteiger partial charge in [-0.15, -0.1) is 0 Å². The molecule has 1 rings (SSSR count). The molecule has 0 fully saturated rings. The number of benzene rings is 1. The minimum absolute atomic E-state index is 0.111. The summed E-state index contributed by atoms with van der Waals surface area (Å²) in [6, 6.07) is 6.20. The monoisotopic (exact) mass is 282 g/mol. The standard InChI is InChI=1S/C15H23FN2O2/c1-4-15(17,5-2)14(19)18(3)10-11-20-13-9-7-6-8-12(13)16/h6-9H,4-5,10-11,17H2,1-3H3. The zero-order valence-electron chi connectivity index (χ0n) is 12.4. The van der Waals surface area contributed by atoms with Crippen LogP contribution in [0.4, 0.5) is 4.39 Å². The first-order chi connectivity index (χ1) is 9.44. The van der Waals surface area contributed by atoms with Crippen LogP contribution in [0, 0.1) is 5.82 Å². The summed E-state index contributed by atoms with van der Waals surface area (Å²) in [5.74, 6) is -0.324. The third kappa shape index (κ3) is 3.93. The van der Waals surface area contributed by atoms with Gasteiger partial charge in [0.1, 0.15) is 6.61 Å². The van der Waals surface area contributed by atoms with Gasteiger partial charge in [0, 0.05) is 7.05 Å². The van der Waals surface area contributed by atoms with Crippen molar-refractivity contribution in [3.8, 4) is 5.75 Å².